The number of sulfonamides is 1. The quantitative estimate of drug-likeness (QED) is 0.766. The lowest BCUT2D eigenvalue weighted by Gasteiger charge is -2.21. The van der Waals surface area contributed by atoms with Gasteiger partial charge in [0.25, 0.3) is 0 Å². The van der Waals surface area contributed by atoms with E-state index in [2.05, 4.69) is 18.6 Å². The Kier molecular flexibility index (Phi) is 6.62. The smallest absolute Gasteiger partial charge is 0.216 e. The molecule has 2 aromatic carbocycles. The largest absolute Gasteiger partial charge is 0.497 e. The van der Waals surface area contributed by atoms with Gasteiger partial charge in [0.1, 0.15) is 5.75 Å². The maximum Gasteiger partial charge on any atom is 0.216 e. The van der Waals surface area contributed by atoms with Crippen LogP contribution in [0.25, 0.3) is 0 Å². The molecule has 0 radical (unpaired) electrons. The van der Waals surface area contributed by atoms with E-state index in [4.69, 9.17) is 4.74 Å². The van der Waals surface area contributed by atoms with Crippen molar-refractivity contribution in [1.82, 2.24) is 4.72 Å². The lowest BCUT2D eigenvalue weighted by atomic mass is 9.98. The van der Waals surface area contributed by atoms with Gasteiger partial charge in [-0.05, 0) is 42.5 Å². The third-order valence-corrected chi connectivity index (χ3v) is 5.38. The molecule has 0 aromatic heterocycles. The second kappa shape index (κ2) is 8.50. The highest BCUT2D eigenvalue weighted by Gasteiger charge is 2.21. The molecule has 1 unspecified atom stereocenters. The highest BCUT2D eigenvalue weighted by molar-refractivity contribution is 7.88. The van der Waals surface area contributed by atoms with Crippen molar-refractivity contribution in [3.05, 3.63) is 65.2 Å². The number of ether oxygens (including phenoxy) is 1. The molecule has 4 nitrogen and oxygen atoms in total. The zero-order valence-corrected chi connectivity index (χ0v) is 16.1. The minimum absolute atomic E-state index is 0.0158. The first-order valence-electron chi connectivity index (χ1n) is 8.48. The summed E-state index contributed by atoms with van der Waals surface area (Å²) in [6.45, 7) is 6.16. The van der Waals surface area contributed by atoms with Gasteiger partial charge >= 0.3 is 0 Å². The molecule has 0 aliphatic rings. The number of hydrogen-bond acceptors (Lipinski definition) is 3. The van der Waals surface area contributed by atoms with Crippen LogP contribution in [0.15, 0.2) is 48.5 Å². The van der Waals surface area contributed by atoms with Crippen LogP contribution in [-0.4, -0.2) is 15.5 Å². The fourth-order valence-electron chi connectivity index (χ4n) is 2.72. The van der Waals surface area contributed by atoms with Gasteiger partial charge < -0.3 is 4.74 Å². The van der Waals surface area contributed by atoms with Gasteiger partial charge in [0.2, 0.25) is 10.0 Å². The van der Waals surface area contributed by atoms with Crippen LogP contribution in [0, 0.1) is 12.8 Å². The highest BCUT2D eigenvalue weighted by Crippen LogP contribution is 2.25. The number of benzene rings is 2. The Hall–Kier alpha value is -1.85. The molecule has 0 fully saturated rings. The van der Waals surface area contributed by atoms with Crippen LogP contribution >= 0.6 is 0 Å². The predicted octanol–water partition coefficient (Wildman–Crippen LogP) is 4.21. The van der Waals surface area contributed by atoms with E-state index in [-0.39, 0.29) is 11.8 Å². The molecule has 0 amide bonds. The van der Waals surface area contributed by atoms with E-state index >= 15 is 0 Å². The van der Waals surface area contributed by atoms with Crippen LogP contribution in [-0.2, 0) is 15.8 Å². The first-order valence-corrected chi connectivity index (χ1v) is 10.1. The molecule has 2 rings (SSSR count). The van der Waals surface area contributed by atoms with E-state index in [0.717, 1.165) is 28.9 Å². The van der Waals surface area contributed by atoms with Crippen molar-refractivity contribution in [1.29, 1.82) is 0 Å². The van der Waals surface area contributed by atoms with Crippen LogP contribution < -0.4 is 9.46 Å². The molecule has 5 heteroatoms. The Morgan fingerprint density at radius 2 is 1.60 bits per heavy atom. The van der Waals surface area contributed by atoms with Crippen molar-refractivity contribution in [2.24, 2.45) is 5.92 Å². The summed E-state index contributed by atoms with van der Waals surface area (Å²) < 4.78 is 33.3. The van der Waals surface area contributed by atoms with Gasteiger partial charge in [-0.2, -0.15) is 0 Å². The van der Waals surface area contributed by atoms with Gasteiger partial charge in [-0.3, -0.25) is 0 Å². The SMILES string of the molecule is COc1ccc(C(CC(C)C)NS(=O)(=O)Cc2ccc(C)cc2)cc1. The standard InChI is InChI=1S/C20H27NO3S/c1-15(2)13-20(18-9-11-19(24-4)12-10-18)21-25(22,23)14-17-7-5-16(3)6-8-17/h5-12,15,20-21H,13-14H2,1-4H3. The summed E-state index contributed by atoms with van der Waals surface area (Å²) in [6.07, 6.45) is 0.736. The normalized spacial score (nSPS) is 13.0. The average molecular weight is 362 g/mol. The lowest BCUT2D eigenvalue weighted by molar-refractivity contribution is 0.414. The third-order valence-electron chi connectivity index (χ3n) is 4.02. The van der Waals surface area contributed by atoms with Crippen LogP contribution in [0.5, 0.6) is 5.75 Å². The highest BCUT2D eigenvalue weighted by atomic mass is 32.2. The Morgan fingerprint density at radius 3 is 2.12 bits per heavy atom. The molecule has 0 spiro atoms. The molecule has 0 saturated carbocycles. The molecule has 0 aliphatic heterocycles. The maximum absolute atomic E-state index is 12.6. The Morgan fingerprint density at radius 1 is 1.00 bits per heavy atom. The van der Waals surface area contributed by atoms with E-state index in [1.165, 1.54) is 0 Å². The Bertz CT molecular complexity index is 766. The number of methoxy groups -OCH3 is 1. The monoisotopic (exact) mass is 361 g/mol. The van der Waals surface area contributed by atoms with Gasteiger partial charge in [0.05, 0.1) is 12.9 Å². The summed E-state index contributed by atoms with van der Waals surface area (Å²) >= 11 is 0. The predicted molar refractivity (Wildman–Crippen MR) is 102 cm³/mol. The van der Waals surface area contributed by atoms with Crippen molar-refractivity contribution in [2.75, 3.05) is 7.11 Å². The number of aryl methyl sites for hydroxylation is 1. The van der Waals surface area contributed by atoms with Crippen LogP contribution in [0.3, 0.4) is 0 Å². The molecular weight excluding hydrogens is 334 g/mol. The van der Waals surface area contributed by atoms with Gasteiger partial charge in [-0.15, -0.1) is 0 Å². The molecule has 136 valence electrons. The van der Waals surface area contributed by atoms with Crippen LogP contribution in [0.1, 0.15) is 43.0 Å². The molecule has 0 heterocycles. The number of nitrogens with one attached hydrogen (secondary N) is 1. The second-order valence-corrected chi connectivity index (χ2v) is 8.57. The number of rotatable bonds is 8. The molecule has 2 aromatic rings. The van der Waals surface area contributed by atoms with E-state index in [1.807, 2.05) is 55.5 Å². The van der Waals surface area contributed by atoms with Crippen molar-refractivity contribution in [3.63, 3.8) is 0 Å². The van der Waals surface area contributed by atoms with Crippen LogP contribution in [0.4, 0.5) is 0 Å². The summed E-state index contributed by atoms with van der Waals surface area (Å²) in [5.74, 6) is 1.11. The van der Waals surface area contributed by atoms with Crippen molar-refractivity contribution in [2.45, 2.75) is 39.0 Å². The zero-order chi connectivity index (χ0) is 18.4. The summed E-state index contributed by atoms with van der Waals surface area (Å²) in [4.78, 5) is 0. The molecule has 0 aliphatic carbocycles. The average Bonchev–Trinajstić information content (AvgIpc) is 2.55. The van der Waals surface area contributed by atoms with Crippen molar-refractivity contribution in [3.8, 4) is 5.75 Å². The molecule has 1 atom stereocenters. The van der Waals surface area contributed by atoms with Gasteiger partial charge in [0, 0.05) is 6.04 Å². The Labute approximate surface area is 151 Å². The van der Waals surface area contributed by atoms with Gasteiger partial charge in [-0.25, -0.2) is 13.1 Å². The molecular formula is C20H27NO3S. The number of hydrogen-bond donors (Lipinski definition) is 1. The van der Waals surface area contributed by atoms with Gasteiger partial charge in [-0.1, -0.05) is 55.8 Å². The summed E-state index contributed by atoms with van der Waals surface area (Å²) in [5, 5.41) is 0. The summed E-state index contributed by atoms with van der Waals surface area (Å²) in [7, 11) is -1.82. The maximum atomic E-state index is 12.6. The molecule has 0 saturated heterocycles. The molecule has 25 heavy (non-hydrogen) atoms. The first-order chi connectivity index (χ1) is 11.8. The molecule has 1 N–H and O–H groups in total. The van der Waals surface area contributed by atoms with Crippen LogP contribution in [0.2, 0.25) is 0 Å². The van der Waals surface area contributed by atoms with E-state index in [0.29, 0.717) is 5.92 Å². The molecule has 0 bridgehead atoms. The topological polar surface area (TPSA) is 55.4 Å². The van der Waals surface area contributed by atoms with E-state index in [1.54, 1.807) is 7.11 Å². The fraction of sp³-hybridized carbons (Fsp3) is 0.400. The Balaban J connectivity index is 2.17. The first kappa shape index (κ1) is 19.5. The second-order valence-electron chi connectivity index (χ2n) is 6.82. The summed E-state index contributed by atoms with van der Waals surface area (Å²) in [5.41, 5.74) is 2.85. The summed E-state index contributed by atoms with van der Waals surface area (Å²) in [6, 6.07) is 14.9. The minimum atomic E-state index is -3.44. The third kappa shape index (κ3) is 6.18. The van der Waals surface area contributed by atoms with E-state index in [9.17, 15) is 8.42 Å². The van der Waals surface area contributed by atoms with Crippen molar-refractivity contribution < 1.29 is 13.2 Å². The van der Waals surface area contributed by atoms with E-state index < -0.39 is 10.0 Å². The zero-order valence-electron chi connectivity index (χ0n) is 15.3. The fourth-order valence-corrected chi connectivity index (χ4v) is 4.10. The van der Waals surface area contributed by atoms with Gasteiger partial charge in [0.15, 0.2) is 0 Å². The van der Waals surface area contributed by atoms with Crippen molar-refractivity contribution >= 4 is 10.0 Å². The lowest BCUT2D eigenvalue weighted by Crippen LogP contribution is -2.30. The minimum Gasteiger partial charge on any atom is -0.497 e.